The predicted molar refractivity (Wildman–Crippen MR) is 124 cm³/mol. The number of halogens is 7. The number of amides is 1. The maximum Gasteiger partial charge on any atom is 0.261 e. The molecular formula is C19H14Br2ClF4N3O2S. The lowest BCUT2D eigenvalue weighted by molar-refractivity contribution is 0.0970. The molecule has 32 heavy (non-hydrogen) atoms. The molecule has 2 aromatic carbocycles. The fourth-order valence-electron chi connectivity index (χ4n) is 3.18. The van der Waals surface area contributed by atoms with Crippen LogP contribution in [-0.4, -0.2) is 49.2 Å². The van der Waals surface area contributed by atoms with Crippen LogP contribution in [0.15, 0.2) is 21.1 Å². The standard InChI is InChI=1S/C19H14Br2ClF4N3O2S/c1-31-17-9(6-8(20)7-10(17)21)18(30)27-19(32)29-4-2-28(3-5-29)16-14(25)12(23)11(22)13(24)15(16)26/h6-7H,2-5H2,1H3,(H,27,30,32). The van der Waals surface area contributed by atoms with Crippen LogP contribution in [0, 0.1) is 23.3 Å². The Bertz CT molecular complexity index is 1070. The molecule has 0 bridgehead atoms. The molecule has 1 aliphatic heterocycles. The summed E-state index contributed by atoms with van der Waals surface area (Å²) in [4.78, 5) is 15.5. The Morgan fingerprint density at radius 3 is 2.16 bits per heavy atom. The second-order valence-corrected chi connectivity index (χ2v) is 9.15. The second kappa shape index (κ2) is 10.1. The van der Waals surface area contributed by atoms with Gasteiger partial charge in [-0.15, -0.1) is 0 Å². The number of thiocarbonyl (C=S) groups is 1. The number of ether oxygens (including phenoxy) is 1. The first-order valence-electron chi connectivity index (χ1n) is 8.96. The zero-order valence-electron chi connectivity index (χ0n) is 16.2. The molecule has 1 saturated heterocycles. The lowest BCUT2D eigenvalue weighted by atomic mass is 10.2. The van der Waals surface area contributed by atoms with Gasteiger partial charge in [-0.25, -0.2) is 17.6 Å². The Hall–Kier alpha value is -1.63. The molecule has 0 spiro atoms. The van der Waals surface area contributed by atoms with Crippen molar-refractivity contribution in [2.75, 3.05) is 38.2 Å². The summed E-state index contributed by atoms with van der Waals surface area (Å²) >= 11 is 17.2. The summed E-state index contributed by atoms with van der Waals surface area (Å²) in [5.41, 5.74) is -0.603. The Morgan fingerprint density at radius 2 is 1.62 bits per heavy atom. The molecule has 13 heteroatoms. The molecule has 1 N–H and O–H groups in total. The number of rotatable bonds is 3. The van der Waals surface area contributed by atoms with Crippen molar-refractivity contribution >= 4 is 72.4 Å². The van der Waals surface area contributed by atoms with Gasteiger partial charge in [-0.05, 0) is 40.3 Å². The zero-order chi connectivity index (χ0) is 23.7. The number of hydrogen-bond donors (Lipinski definition) is 1. The van der Waals surface area contributed by atoms with Gasteiger partial charge in [-0.3, -0.25) is 10.1 Å². The van der Waals surface area contributed by atoms with Gasteiger partial charge in [0.15, 0.2) is 28.4 Å². The molecule has 1 aliphatic rings. The first kappa shape index (κ1) is 25.0. The third-order valence-electron chi connectivity index (χ3n) is 4.75. The van der Waals surface area contributed by atoms with Gasteiger partial charge >= 0.3 is 0 Å². The molecule has 1 amide bonds. The molecule has 0 radical (unpaired) electrons. The summed E-state index contributed by atoms with van der Waals surface area (Å²) in [5.74, 6) is -6.64. The van der Waals surface area contributed by atoms with E-state index in [0.29, 0.717) is 14.7 Å². The summed E-state index contributed by atoms with van der Waals surface area (Å²) < 4.78 is 62.5. The number of carbonyl (C=O) groups is 1. The van der Waals surface area contributed by atoms with E-state index < -0.39 is 39.9 Å². The van der Waals surface area contributed by atoms with E-state index in [0.717, 1.165) is 4.90 Å². The summed E-state index contributed by atoms with van der Waals surface area (Å²) in [6.07, 6.45) is 0. The Labute approximate surface area is 207 Å². The highest BCUT2D eigenvalue weighted by molar-refractivity contribution is 9.11. The van der Waals surface area contributed by atoms with Crippen LogP contribution in [0.2, 0.25) is 5.02 Å². The van der Waals surface area contributed by atoms with Gasteiger partial charge in [-0.2, -0.15) is 0 Å². The van der Waals surface area contributed by atoms with Crippen molar-refractivity contribution in [1.29, 1.82) is 0 Å². The van der Waals surface area contributed by atoms with E-state index in [1.165, 1.54) is 7.11 Å². The Morgan fingerprint density at radius 1 is 1.06 bits per heavy atom. The van der Waals surface area contributed by atoms with Crippen molar-refractivity contribution in [2.24, 2.45) is 0 Å². The van der Waals surface area contributed by atoms with E-state index in [-0.39, 0.29) is 36.9 Å². The van der Waals surface area contributed by atoms with Crippen LogP contribution in [0.1, 0.15) is 10.4 Å². The highest BCUT2D eigenvalue weighted by Crippen LogP contribution is 2.34. The van der Waals surface area contributed by atoms with Gasteiger partial charge in [0, 0.05) is 30.7 Å². The molecular weight excluding hydrogens is 606 g/mol. The van der Waals surface area contributed by atoms with Crippen LogP contribution >= 0.6 is 55.7 Å². The van der Waals surface area contributed by atoms with Crippen LogP contribution in [0.25, 0.3) is 0 Å². The molecule has 2 aromatic rings. The van der Waals surface area contributed by atoms with E-state index in [2.05, 4.69) is 37.2 Å². The SMILES string of the molecule is COc1c(Br)cc(Br)cc1C(=O)NC(=S)N1CCN(c2c(F)c(F)c(Cl)c(F)c2F)CC1. The van der Waals surface area contributed by atoms with Crippen LogP contribution < -0.4 is 15.0 Å². The Balaban J connectivity index is 1.71. The number of benzene rings is 2. The number of hydrogen-bond acceptors (Lipinski definition) is 4. The molecule has 1 heterocycles. The molecule has 0 aliphatic carbocycles. The first-order chi connectivity index (χ1) is 15.1. The zero-order valence-corrected chi connectivity index (χ0v) is 21.0. The van der Waals surface area contributed by atoms with Crippen molar-refractivity contribution < 1.29 is 27.1 Å². The molecule has 172 valence electrons. The van der Waals surface area contributed by atoms with Gasteiger partial charge in [0.2, 0.25) is 0 Å². The third-order valence-corrected chi connectivity index (χ3v) is 6.49. The van der Waals surface area contributed by atoms with E-state index >= 15 is 0 Å². The van der Waals surface area contributed by atoms with Gasteiger partial charge in [0.05, 0.1) is 17.1 Å². The number of nitrogens with zero attached hydrogens (tertiary/aromatic N) is 2. The van der Waals surface area contributed by atoms with Crippen molar-refractivity contribution in [2.45, 2.75) is 0 Å². The molecule has 0 saturated carbocycles. The summed E-state index contributed by atoms with van der Waals surface area (Å²) in [7, 11) is 1.42. The number of methoxy groups -OCH3 is 1. The summed E-state index contributed by atoms with van der Waals surface area (Å²) in [5, 5.41) is 1.44. The lowest BCUT2D eigenvalue weighted by Crippen LogP contribution is -2.53. The number of piperazine rings is 1. The van der Waals surface area contributed by atoms with Crippen LogP contribution in [0.3, 0.4) is 0 Å². The number of carbonyl (C=O) groups excluding carboxylic acids is 1. The molecule has 1 fully saturated rings. The number of nitrogens with one attached hydrogen (secondary N) is 1. The fraction of sp³-hybridized carbons (Fsp3) is 0.263. The van der Waals surface area contributed by atoms with E-state index in [4.69, 9.17) is 28.6 Å². The smallest absolute Gasteiger partial charge is 0.261 e. The molecule has 0 aromatic heterocycles. The lowest BCUT2D eigenvalue weighted by Gasteiger charge is -2.37. The van der Waals surface area contributed by atoms with Crippen LogP contribution in [0.5, 0.6) is 5.75 Å². The average molecular weight is 620 g/mol. The van der Waals surface area contributed by atoms with Gasteiger partial charge in [0.25, 0.3) is 5.91 Å². The van der Waals surface area contributed by atoms with E-state index in [9.17, 15) is 22.4 Å². The van der Waals surface area contributed by atoms with Gasteiger partial charge in [-0.1, -0.05) is 27.5 Å². The van der Waals surface area contributed by atoms with Crippen molar-refractivity contribution in [1.82, 2.24) is 10.2 Å². The summed E-state index contributed by atoms with van der Waals surface area (Å²) in [6.45, 7) is 0.276. The molecule has 0 unspecified atom stereocenters. The third kappa shape index (κ3) is 4.82. The van der Waals surface area contributed by atoms with E-state index in [1.54, 1.807) is 17.0 Å². The molecule has 5 nitrogen and oxygen atoms in total. The molecule has 3 rings (SSSR count). The normalized spacial score (nSPS) is 13.9. The predicted octanol–water partition coefficient (Wildman–Crippen LogP) is 5.27. The maximum atomic E-state index is 14.2. The van der Waals surface area contributed by atoms with E-state index in [1.807, 2.05) is 0 Å². The fourth-order valence-corrected chi connectivity index (χ4v) is 5.01. The van der Waals surface area contributed by atoms with Crippen LogP contribution in [-0.2, 0) is 0 Å². The topological polar surface area (TPSA) is 44.8 Å². The minimum absolute atomic E-state index is 0.00385. The van der Waals surface area contributed by atoms with Gasteiger partial charge in [0.1, 0.15) is 16.5 Å². The Kier molecular flexibility index (Phi) is 7.89. The molecule has 0 atom stereocenters. The monoisotopic (exact) mass is 617 g/mol. The largest absolute Gasteiger partial charge is 0.495 e. The first-order valence-corrected chi connectivity index (χ1v) is 11.3. The maximum absolute atomic E-state index is 14.2. The highest BCUT2D eigenvalue weighted by atomic mass is 79.9. The quantitative estimate of drug-likeness (QED) is 0.220. The van der Waals surface area contributed by atoms with Gasteiger partial charge < -0.3 is 14.5 Å². The van der Waals surface area contributed by atoms with Crippen molar-refractivity contribution in [3.63, 3.8) is 0 Å². The highest BCUT2D eigenvalue weighted by Gasteiger charge is 2.30. The minimum Gasteiger partial charge on any atom is -0.495 e. The van der Waals surface area contributed by atoms with Crippen molar-refractivity contribution in [3.8, 4) is 5.75 Å². The minimum atomic E-state index is -1.65. The average Bonchev–Trinajstić information content (AvgIpc) is 2.76. The van der Waals surface area contributed by atoms with Crippen molar-refractivity contribution in [3.05, 3.63) is 54.9 Å². The second-order valence-electron chi connectivity index (χ2n) is 6.62. The summed E-state index contributed by atoms with van der Waals surface area (Å²) in [6, 6.07) is 3.28. The van der Waals surface area contributed by atoms with Crippen LogP contribution in [0.4, 0.5) is 23.2 Å². The number of anilines is 1.